The summed E-state index contributed by atoms with van der Waals surface area (Å²) in [6.07, 6.45) is 0. The Balaban J connectivity index is 2.59. The van der Waals surface area contributed by atoms with Crippen LogP contribution in [0.1, 0.15) is 34.6 Å². The van der Waals surface area contributed by atoms with Crippen molar-refractivity contribution in [2.75, 3.05) is 40.3 Å². The summed E-state index contributed by atoms with van der Waals surface area (Å²) in [5.74, 6) is 0. The highest BCUT2D eigenvalue weighted by Gasteiger charge is 2.34. The number of nitrogens with one attached hydrogen (secondary N) is 1. The molecule has 0 aromatic carbocycles. The second-order valence-electron chi connectivity index (χ2n) is 6.94. The highest BCUT2D eigenvalue weighted by Crippen LogP contribution is 2.26. The Labute approximate surface area is 108 Å². The van der Waals surface area contributed by atoms with Crippen LogP contribution in [0.4, 0.5) is 0 Å². The minimum absolute atomic E-state index is 0.303. The second-order valence-corrected chi connectivity index (χ2v) is 6.94. The number of likely N-dealkylation sites (N-methyl/N-ethyl adjacent to an activating group) is 1. The standard InChI is InChI=1S/C14H31N3/c1-12(15-6)13(2,3)10-17-9-8-16(7)14(4,5)11-17/h12,15H,8-11H2,1-7H3. The molecule has 0 amide bonds. The van der Waals surface area contributed by atoms with Gasteiger partial charge in [-0.15, -0.1) is 0 Å². The molecule has 1 saturated heterocycles. The van der Waals surface area contributed by atoms with Crippen molar-refractivity contribution in [1.29, 1.82) is 0 Å². The Kier molecular flexibility index (Phi) is 4.61. The third-order valence-corrected chi connectivity index (χ3v) is 4.63. The first-order chi connectivity index (χ1) is 7.69. The maximum absolute atomic E-state index is 3.39. The first-order valence-electron chi connectivity index (χ1n) is 6.80. The SMILES string of the molecule is CNC(C)C(C)(C)CN1CCN(C)C(C)(C)C1. The zero-order chi connectivity index (χ0) is 13.3. The van der Waals surface area contributed by atoms with Gasteiger partial charge in [0.1, 0.15) is 0 Å². The minimum Gasteiger partial charge on any atom is -0.317 e. The molecule has 0 aliphatic carbocycles. The molecule has 3 heteroatoms. The fourth-order valence-corrected chi connectivity index (χ4v) is 2.58. The Morgan fingerprint density at radius 2 is 1.88 bits per heavy atom. The van der Waals surface area contributed by atoms with Gasteiger partial charge in [0, 0.05) is 37.8 Å². The van der Waals surface area contributed by atoms with Crippen LogP contribution in [0, 0.1) is 5.41 Å². The van der Waals surface area contributed by atoms with Gasteiger partial charge in [-0.05, 0) is 40.3 Å². The molecule has 0 aromatic heterocycles. The minimum atomic E-state index is 0.303. The first kappa shape index (κ1) is 14.9. The van der Waals surface area contributed by atoms with Crippen molar-refractivity contribution < 1.29 is 0 Å². The molecule has 1 N–H and O–H groups in total. The van der Waals surface area contributed by atoms with Gasteiger partial charge in [-0.2, -0.15) is 0 Å². The maximum Gasteiger partial charge on any atom is 0.0277 e. The number of rotatable bonds is 4. The van der Waals surface area contributed by atoms with Crippen LogP contribution in [-0.4, -0.2) is 61.7 Å². The van der Waals surface area contributed by atoms with Crippen molar-refractivity contribution in [2.45, 2.75) is 46.2 Å². The summed E-state index contributed by atoms with van der Waals surface area (Å²) >= 11 is 0. The lowest BCUT2D eigenvalue weighted by atomic mass is 9.84. The Bertz CT molecular complexity index is 248. The molecule has 1 aliphatic heterocycles. The van der Waals surface area contributed by atoms with Crippen molar-refractivity contribution in [1.82, 2.24) is 15.1 Å². The molecule has 102 valence electrons. The van der Waals surface area contributed by atoms with Crippen LogP contribution in [0.25, 0.3) is 0 Å². The molecule has 1 rings (SSSR count). The molecule has 0 bridgehead atoms. The number of piperazine rings is 1. The lowest BCUT2D eigenvalue weighted by molar-refractivity contribution is 0.0165. The molecule has 3 nitrogen and oxygen atoms in total. The van der Waals surface area contributed by atoms with Crippen LogP contribution >= 0.6 is 0 Å². The van der Waals surface area contributed by atoms with Crippen molar-refractivity contribution in [3.63, 3.8) is 0 Å². The summed E-state index contributed by atoms with van der Waals surface area (Å²) < 4.78 is 0. The zero-order valence-electron chi connectivity index (χ0n) is 12.8. The fourth-order valence-electron chi connectivity index (χ4n) is 2.58. The van der Waals surface area contributed by atoms with Crippen LogP contribution in [0.15, 0.2) is 0 Å². The van der Waals surface area contributed by atoms with Gasteiger partial charge in [-0.25, -0.2) is 0 Å². The van der Waals surface area contributed by atoms with Crippen LogP contribution < -0.4 is 5.32 Å². The maximum atomic E-state index is 3.39. The summed E-state index contributed by atoms with van der Waals surface area (Å²) in [5.41, 5.74) is 0.623. The molecule has 1 heterocycles. The lowest BCUT2D eigenvalue weighted by Crippen LogP contribution is -2.59. The summed E-state index contributed by atoms with van der Waals surface area (Å²) in [6, 6.07) is 0.547. The number of hydrogen-bond acceptors (Lipinski definition) is 3. The molecule has 0 radical (unpaired) electrons. The molecule has 1 atom stereocenters. The normalized spacial score (nSPS) is 24.9. The van der Waals surface area contributed by atoms with Gasteiger partial charge >= 0.3 is 0 Å². The molecule has 1 aliphatic rings. The average Bonchev–Trinajstić information content (AvgIpc) is 2.21. The Hall–Kier alpha value is -0.120. The molecule has 0 spiro atoms. The summed E-state index contributed by atoms with van der Waals surface area (Å²) in [4.78, 5) is 5.09. The molecule has 0 aromatic rings. The summed E-state index contributed by atoms with van der Waals surface area (Å²) in [7, 11) is 4.29. The van der Waals surface area contributed by atoms with Crippen LogP contribution in [0.3, 0.4) is 0 Å². The van der Waals surface area contributed by atoms with Crippen LogP contribution in [-0.2, 0) is 0 Å². The van der Waals surface area contributed by atoms with E-state index in [9.17, 15) is 0 Å². The average molecular weight is 241 g/mol. The van der Waals surface area contributed by atoms with Gasteiger partial charge < -0.3 is 5.32 Å². The van der Waals surface area contributed by atoms with Gasteiger partial charge in [0.05, 0.1) is 0 Å². The highest BCUT2D eigenvalue weighted by atomic mass is 15.3. The topological polar surface area (TPSA) is 18.5 Å². The smallest absolute Gasteiger partial charge is 0.0277 e. The van der Waals surface area contributed by atoms with E-state index in [1.165, 1.54) is 26.2 Å². The van der Waals surface area contributed by atoms with E-state index in [-0.39, 0.29) is 0 Å². The zero-order valence-corrected chi connectivity index (χ0v) is 12.8. The van der Waals surface area contributed by atoms with Gasteiger partial charge in [0.15, 0.2) is 0 Å². The molecular weight excluding hydrogens is 210 g/mol. The van der Waals surface area contributed by atoms with E-state index in [4.69, 9.17) is 0 Å². The van der Waals surface area contributed by atoms with Gasteiger partial charge in [-0.3, -0.25) is 9.80 Å². The number of hydrogen-bond donors (Lipinski definition) is 1. The van der Waals surface area contributed by atoms with E-state index in [2.05, 4.69) is 63.8 Å². The summed E-state index contributed by atoms with van der Waals surface area (Å²) in [5, 5.41) is 3.39. The van der Waals surface area contributed by atoms with Crippen molar-refractivity contribution in [3.05, 3.63) is 0 Å². The van der Waals surface area contributed by atoms with E-state index in [1.54, 1.807) is 0 Å². The first-order valence-corrected chi connectivity index (χ1v) is 6.80. The van der Waals surface area contributed by atoms with E-state index < -0.39 is 0 Å². The molecular formula is C14H31N3. The Morgan fingerprint density at radius 3 is 2.35 bits per heavy atom. The van der Waals surface area contributed by atoms with Crippen molar-refractivity contribution in [2.24, 2.45) is 5.41 Å². The Morgan fingerprint density at radius 1 is 1.29 bits per heavy atom. The van der Waals surface area contributed by atoms with Gasteiger partial charge in [-0.1, -0.05) is 13.8 Å². The van der Waals surface area contributed by atoms with Gasteiger partial charge in [0.2, 0.25) is 0 Å². The highest BCUT2D eigenvalue weighted by molar-refractivity contribution is 4.91. The predicted molar refractivity (Wildman–Crippen MR) is 75.5 cm³/mol. The van der Waals surface area contributed by atoms with Crippen LogP contribution in [0.5, 0.6) is 0 Å². The second kappa shape index (κ2) is 5.25. The third kappa shape index (κ3) is 3.67. The monoisotopic (exact) mass is 241 g/mol. The fraction of sp³-hybridized carbons (Fsp3) is 1.00. The van der Waals surface area contributed by atoms with E-state index in [1.807, 2.05) is 0 Å². The summed E-state index contributed by atoms with van der Waals surface area (Å²) in [6.45, 7) is 16.4. The van der Waals surface area contributed by atoms with Crippen molar-refractivity contribution >= 4 is 0 Å². The molecule has 0 saturated carbocycles. The number of nitrogens with zero attached hydrogens (tertiary/aromatic N) is 2. The molecule has 1 unspecified atom stereocenters. The third-order valence-electron chi connectivity index (χ3n) is 4.63. The van der Waals surface area contributed by atoms with E-state index >= 15 is 0 Å². The van der Waals surface area contributed by atoms with Crippen LogP contribution in [0.2, 0.25) is 0 Å². The largest absolute Gasteiger partial charge is 0.317 e. The molecule has 17 heavy (non-hydrogen) atoms. The quantitative estimate of drug-likeness (QED) is 0.807. The predicted octanol–water partition coefficient (Wildman–Crippen LogP) is 1.65. The lowest BCUT2D eigenvalue weighted by Gasteiger charge is -2.48. The van der Waals surface area contributed by atoms with E-state index in [0.29, 0.717) is 17.0 Å². The molecule has 1 fully saturated rings. The van der Waals surface area contributed by atoms with Crippen molar-refractivity contribution in [3.8, 4) is 0 Å². The van der Waals surface area contributed by atoms with Gasteiger partial charge in [0.25, 0.3) is 0 Å². The van der Waals surface area contributed by atoms with E-state index in [0.717, 1.165) is 0 Å².